The molecule has 0 radical (unpaired) electrons. The topological polar surface area (TPSA) is 29.3 Å². The second-order valence-electron chi connectivity index (χ2n) is 4.38. The summed E-state index contributed by atoms with van der Waals surface area (Å²) in [6.07, 6.45) is 0. The van der Waals surface area contributed by atoms with Crippen LogP contribution in [0.1, 0.15) is 27.6 Å². The number of rotatable bonds is 4. The van der Waals surface area contributed by atoms with E-state index in [4.69, 9.17) is 5.73 Å². The number of thiophene rings is 2. The van der Waals surface area contributed by atoms with E-state index < -0.39 is 0 Å². The molecule has 0 aliphatic rings. The Balaban J connectivity index is 1.98. The fraction of sp³-hybridized carbons (Fsp3) is 0.333. The van der Waals surface area contributed by atoms with Crippen LogP contribution in [0.4, 0.5) is 0 Å². The summed E-state index contributed by atoms with van der Waals surface area (Å²) in [5.41, 5.74) is 5.38. The number of nitrogens with zero attached hydrogens (tertiary/aromatic N) is 1. The summed E-state index contributed by atoms with van der Waals surface area (Å²) in [6.45, 7) is 3.62. The molecule has 2 N–H and O–H groups in total. The van der Waals surface area contributed by atoms with Crippen LogP contribution in [0.5, 0.6) is 0 Å². The zero-order chi connectivity index (χ0) is 13.7. The molecule has 2 heterocycles. The van der Waals surface area contributed by atoms with Gasteiger partial charge in [0.1, 0.15) is 0 Å². The van der Waals surface area contributed by atoms with E-state index >= 15 is 0 Å². The van der Waals surface area contributed by atoms with Crippen molar-refractivity contribution < 1.29 is 0 Å². The first-order valence-electron chi connectivity index (χ1n) is 6.22. The molecule has 0 bridgehead atoms. The first-order valence-corrected chi connectivity index (χ1v) is 7.91. The molecule has 0 aliphatic heterocycles. The van der Waals surface area contributed by atoms with Crippen molar-refractivity contribution in [2.24, 2.45) is 5.73 Å². The lowest BCUT2D eigenvalue weighted by molar-refractivity contribution is 0.259. The Morgan fingerprint density at radius 3 is 2.89 bits per heavy atom. The fourth-order valence-electron chi connectivity index (χ4n) is 1.80. The van der Waals surface area contributed by atoms with Gasteiger partial charge in [0.05, 0.1) is 11.4 Å². The van der Waals surface area contributed by atoms with Crippen LogP contribution < -0.4 is 5.73 Å². The zero-order valence-corrected chi connectivity index (χ0v) is 12.9. The van der Waals surface area contributed by atoms with E-state index in [0.717, 1.165) is 11.4 Å². The van der Waals surface area contributed by atoms with Crippen molar-refractivity contribution in [3.63, 3.8) is 0 Å². The van der Waals surface area contributed by atoms with Crippen molar-refractivity contribution in [2.45, 2.75) is 19.5 Å². The van der Waals surface area contributed by atoms with E-state index in [9.17, 15) is 0 Å². The highest BCUT2D eigenvalue weighted by atomic mass is 32.1. The van der Waals surface area contributed by atoms with Gasteiger partial charge in [0.15, 0.2) is 0 Å². The van der Waals surface area contributed by atoms with Crippen molar-refractivity contribution in [1.29, 1.82) is 0 Å². The van der Waals surface area contributed by atoms with Crippen molar-refractivity contribution in [2.75, 3.05) is 13.6 Å². The minimum atomic E-state index is 0.419. The molecule has 100 valence electrons. The van der Waals surface area contributed by atoms with E-state index in [1.54, 1.807) is 11.3 Å². The summed E-state index contributed by atoms with van der Waals surface area (Å²) in [6, 6.07) is 8.98. The van der Waals surface area contributed by atoms with Crippen LogP contribution in [0.3, 0.4) is 0 Å². The van der Waals surface area contributed by atoms with Crippen molar-refractivity contribution >= 4 is 22.7 Å². The third kappa shape index (κ3) is 3.92. The van der Waals surface area contributed by atoms with Gasteiger partial charge in [-0.1, -0.05) is 17.9 Å². The quantitative estimate of drug-likeness (QED) is 0.875. The monoisotopic (exact) mass is 290 g/mol. The van der Waals surface area contributed by atoms with Crippen molar-refractivity contribution in [1.82, 2.24) is 4.90 Å². The maximum absolute atomic E-state index is 5.38. The molecule has 0 saturated heterocycles. The molecule has 2 nitrogen and oxygen atoms in total. The minimum absolute atomic E-state index is 0.419. The molecule has 19 heavy (non-hydrogen) atoms. The molecule has 0 amide bonds. The Morgan fingerprint density at radius 1 is 1.37 bits per heavy atom. The smallest absolute Gasteiger partial charge is 0.0772 e. The molecule has 0 aliphatic carbocycles. The first-order chi connectivity index (χ1) is 9.20. The molecular weight excluding hydrogens is 272 g/mol. The predicted molar refractivity (Wildman–Crippen MR) is 84.5 cm³/mol. The summed E-state index contributed by atoms with van der Waals surface area (Å²) in [4.78, 5) is 6.20. The average molecular weight is 290 g/mol. The molecule has 2 aromatic heterocycles. The largest absolute Gasteiger partial charge is 0.320 e. The lowest BCUT2D eigenvalue weighted by Crippen LogP contribution is -2.20. The molecule has 0 spiro atoms. The third-order valence-electron chi connectivity index (χ3n) is 3.00. The van der Waals surface area contributed by atoms with Gasteiger partial charge in [-0.05, 0) is 37.6 Å². The summed E-state index contributed by atoms with van der Waals surface area (Å²) in [5, 5.41) is 2.13. The van der Waals surface area contributed by atoms with Gasteiger partial charge in [0.2, 0.25) is 0 Å². The van der Waals surface area contributed by atoms with Crippen LogP contribution in [0.25, 0.3) is 0 Å². The molecule has 4 heteroatoms. The molecule has 2 rings (SSSR count). The van der Waals surface area contributed by atoms with Gasteiger partial charge in [-0.25, -0.2) is 0 Å². The van der Waals surface area contributed by atoms with E-state index in [1.165, 1.54) is 9.75 Å². The zero-order valence-electron chi connectivity index (χ0n) is 11.2. The molecular formula is C15H18N2S2. The molecule has 1 unspecified atom stereocenters. The van der Waals surface area contributed by atoms with Crippen LogP contribution in [-0.4, -0.2) is 18.5 Å². The van der Waals surface area contributed by atoms with E-state index in [1.807, 2.05) is 11.3 Å². The molecule has 0 fully saturated rings. The van der Waals surface area contributed by atoms with Crippen LogP contribution in [-0.2, 0) is 6.54 Å². The summed E-state index contributed by atoms with van der Waals surface area (Å²) in [5.74, 6) is 5.97. The van der Waals surface area contributed by atoms with Crippen molar-refractivity contribution in [3.8, 4) is 11.8 Å². The minimum Gasteiger partial charge on any atom is -0.320 e. The molecule has 0 aromatic carbocycles. The Morgan fingerprint density at radius 2 is 2.21 bits per heavy atom. The van der Waals surface area contributed by atoms with Crippen LogP contribution in [0.2, 0.25) is 0 Å². The van der Waals surface area contributed by atoms with Gasteiger partial charge in [0.25, 0.3) is 0 Å². The SMILES string of the molecule is CC(c1cccs1)N(C)Cc1ccc(C#CCN)s1. The van der Waals surface area contributed by atoms with Gasteiger partial charge in [-0.3, -0.25) is 4.90 Å². The Bertz CT molecular complexity index is 560. The van der Waals surface area contributed by atoms with E-state index in [-0.39, 0.29) is 0 Å². The van der Waals surface area contributed by atoms with Gasteiger partial charge >= 0.3 is 0 Å². The lowest BCUT2D eigenvalue weighted by Gasteiger charge is -2.22. The van der Waals surface area contributed by atoms with E-state index in [2.05, 4.69) is 60.4 Å². The van der Waals surface area contributed by atoms with Crippen molar-refractivity contribution in [3.05, 3.63) is 44.3 Å². The average Bonchev–Trinajstić information content (AvgIpc) is 3.06. The molecule has 2 aromatic rings. The number of hydrogen-bond acceptors (Lipinski definition) is 4. The normalized spacial score (nSPS) is 12.2. The van der Waals surface area contributed by atoms with Crippen LogP contribution in [0.15, 0.2) is 29.6 Å². The standard InChI is InChI=1S/C15H18N2S2/c1-12(15-6-4-10-18-15)17(2)11-14-8-7-13(19-14)5-3-9-16/h4,6-8,10,12H,9,11,16H2,1-2H3. The van der Waals surface area contributed by atoms with Crippen LogP contribution >= 0.6 is 22.7 Å². The Labute approximate surface area is 122 Å². The van der Waals surface area contributed by atoms with E-state index in [0.29, 0.717) is 12.6 Å². The van der Waals surface area contributed by atoms with Crippen LogP contribution in [0, 0.1) is 11.8 Å². The fourth-order valence-corrected chi connectivity index (χ4v) is 3.59. The highest BCUT2D eigenvalue weighted by Crippen LogP contribution is 2.26. The Kier molecular flexibility index (Phi) is 5.17. The Hall–Kier alpha value is -1.12. The first kappa shape index (κ1) is 14.3. The highest BCUT2D eigenvalue weighted by molar-refractivity contribution is 7.12. The maximum Gasteiger partial charge on any atom is 0.0772 e. The van der Waals surface area contributed by atoms with Gasteiger partial charge in [-0.15, -0.1) is 22.7 Å². The number of nitrogens with two attached hydrogens (primary N) is 1. The number of hydrogen-bond donors (Lipinski definition) is 1. The summed E-state index contributed by atoms with van der Waals surface area (Å²) < 4.78 is 0. The second-order valence-corrected chi connectivity index (χ2v) is 6.53. The third-order valence-corrected chi connectivity index (χ3v) is 5.02. The molecule has 1 atom stereocenters. The molecule has 0 saturated carbocycles. The van der Waals surface area contributed by atoms with Gasteiger partial charge < -0.3 is 5.73 Å². The maximum atomic E-state index is 5.38. The lowest BCUT2D eigenvalue weighted by atomic mass is 10.2. The van der Waals surface area contributed by atoms with Gasteiger partial charge in [-0.2, -0.15) is 0 Å². The highest BCUT2D eigenvalue weighted by Gasteiger charge is 2.13. The summed E-state index contributed by atoms with van der Waals surface area (Å²) >= 11 is 3.56. The summed E-state index contributed by atoms with van der Waals surface area (Å²) in [7, 11) is 2.16. The second kappa shape index (κ2) is 6.88. The van der Waals surface area contributed by atoms with Gasteiger partial charge in [0, 0.05) is 22.3 Å². The predicted octanol–water partition coefficient (Wildman–Crippen LogP) is 3.31.